The molecule has 5 heteroatoms. The number of Topliss-reactive ketones (excluding diaryl/α,β-unsaturated/α-hetero) is 1. The number of hydrogen-bond acceptors (Lipinski definition) is 5. The first-order chi connectivity index (χ1) is 11.6. The number of rotatable bonds is 4. The first-order valence-electron chi connectivity index (χ1n) is 7.96. The molecule has 1 aliphatic carbocycles. The lowest BCUT2D eigenvalue weighted by Crippen LogP contribution is -2.40. The third kappa shape index (κ3) is 3.40. The molecule has 1 aliphatic rings. The van der Waals surface area contributed by atoms with Crippen LogP contribution in [-0.2, 0) is 16.0 Å². The molecule has 5 nitrogen and oxygen atoms in total. The quantitative estimate of drug-likeness (QED) is 0.474. The van der Waals surface area contributed by atoms with Gasteiger partial charge in [0.15, 0.2) is 5.78 Å². The molecule has 0 amide bonds. The van der Waals surface area contributed by atoms with Gasteiger partial charge in [-0.3, -0.25) is 14.4 Å². The van der Waals surface area contributed by atoms with E-state index in [9.17, 15) is 14.4 Å². The average Bonchev–Trinajstić information content (AvgIpc) is 2.48. The Balaban J connectivity index is 2.75. The number of esters is 2. The second kappa shape index (κ2) is 6.67. The molecule has 0 unspecified atom stereocenters. The van der Waals surface area contributed by atoms with E-state index in [0.717, 1.165) is 0 Å². The van der Waals surface area contributed by atoms with E-state index < -0.39 is 23.3 Å². The van der Waals surface area contributed by atoms with Crippen molar-refractivity contribution in [2.45, 2.75) is 34.1 Å². The molecular weight excluding hydrogens is 320 g/mol. The molecule has 0 spiro atoms. The lowest BCUT2D eigenvalue weighted by atomic mass is 9.62. The van der Waals surface area contributed by atoms with Crippen LogP contribution in [0.25, 0.3) is 0 Å². The third-order valence-electron chi connectivity index (χ3n) is 4.42. The van der Waals surface area contributed by atoms with E-state index in [2.05, 4.69) is 13.2 Å². The number of fused-ring (bicyclic) bond motifs is 1. The molecule has 2 atom stereocenters. The summed E-state index contributed by atoms with van der Waals surface area (Å²) in [5.41, 5.74) is 0.921. The Morgan fingerprint density at radius 2 is 1.68 bits per heavy atom. The van der Waals surface area contributed by atoms with Crippen molar-refractivity contribution in [3.05, 3.63) is 48.1 Å². The first-order valence-corrected chi connectivity index (χ1v) is 7.96. The topological polar surface area (TPSA) is 69.7 Å². The van der Waals surface area contributed by atoms with Crippen LogP contribution in [0.15, 0.2) is 36.9 Å². The highest BCUT2D eigenvalue weighted by atomic mass is 16.5. The number of benzene rings is 1. The summed E-state index contributed by atoms with van der Waals surface area (Å²) in [5.74, 6) is -1.28. The van der Waals surface area contributed by atoms with Crippen molar-refractivity contribution in [3.8, 4) is 11.5 Å². The molecular formula is C20H22O5. The van der Waals surface area contributed by atoms with Crippen LogP contribution in [-0.4, -0.2) is 17.7 Å². The van der Waals surface area contributed by atoms with Gasteiger partial charge in [0.2, 0.25) is 0 Å². The SMILES string of the molecule is C=C[C@@]1(C)Cc2c(OC(C)=O)ccc(OC(C)=O)c2C(=O)[C@H]1C(=C)C. The maximum atomic E-state index is 13.2. The molecule has 0 bridgehead atoms. The maximum Gasteiger partial charge on any atom is 0.308 e. The molecule has 0 radical (unpaired) electrons. The Hall–Kier alpha value is -2.69. The minimum absolute atomic E-state index is 0.167. The van der Waals surface area contributed by atoms with Crippen molar-refractivity contribution < 1.29 is 23.9 Å². The van der Waals surface area contributed by atoms with Gasteiger partial charge in [-0.25, -0.2) is 0 Å². The lowest BCUT2D eigenvalue weighted by molar-refractivity contribution is -0.133. The van der Waals surface area contributed by atoms with Gasteiger partial charge in [0.25, 0.3) is 0 Å². The molecule has 1 aromatic rings. The summed E-state index contributed by atoms with van der Waals surface area (Å²) in [5, 5.41) is 0. The van der Waals surface area contributed by atoms with Crippen LogP contribution < -0.4 is 9.47 Å². The molecule has 0 N–H and O–H groups in total. The average molecular weight is 342 g/mol. The Morgan fingerprint density at radius 3 is 2.16 bits per heavy atom. The molecule has 25 heavy (non-hydrogen) atoms. The van der Waals surface area contributed by atoms with Crippen molar-refractivity contribution in [1.82, 2.24) is 0 Å². The number of allylic oxidation sites excluding steroid dienone is 2. The summed E-state index contributed by atoms with van der Waals surface area (Å²) in [7, 11) is 0. The van der Waals surface area contributed by atoms with E-state index in [1.54, 1.807) is 13.0 Å². The summed E-state index contributed by atoms with van der Waals surface area (Å²) >= 11 is 0. The van der Waals surface area contributed by atoms with E-state index in [1.165, 1.54) is 26.0 Å². The van der Waals surface area contributed by atoms with Crippen LogP contribution >= 0.6 is 0 Å². The van der Waals surface area contributed by atoms with Gasteiger partial charge in [-0.15, -0.1) is 6.58 Å². The lowest BCUT2D eigenvalue weighted by Gasteiger charge is -2.40. The van der Waals surface area contributed by atoms with Gasteiger partial charge in [-0.1, -0.05) is 25.2 Å². The highest BCUT2D eigenvalue weighted by Crippen LogP contribution is 2.48. The zero-order valence-electron chi connectivity index (χ0n) is 15.0. The third-order valence-corrected chi connectivity index (χ3v) is 4.42. The minimum Gasteiger partial charge on any atom is -0.426 e. The van der Waals surface area contributed by atoms with Crippen LogP contribution in [0.5, 0.6) is 11.5 Å². The Morgan fingerprint density at radius 1 is 1.16 bits per heavy atom. The molecule has 2 rings (SSSR count). The number of carbonyl (C=O) groups is 3. The van der Waals surface area contributed by atoms with Gasteiger partial charge in [-0.05, 0) is 25.5 Å². The van der Waals surface area contributed by atoms with Crippen LogP contribution in [0.4, 0.5) is 0 Å². The largest absolute Gasteiger partial charge is 0.426 e. The Labute approximate surface area is 147 Å². The summed E-state index contributed by atoms with van der Waals surface area (Å²) in [6.07, 6.45) is 2.13. The normalized spacial score (nSPS) is 21.9. The summed E-state index contributed by atoms with van der Waals surface area (Å²) in [4.78, 5) is 36.1. The van der Waals surface area contributed by atoms with Gasteiger partial charge >= 0.3 is 11.9 Å². The van der Waals surface area contributed by atoms with E-state index >= 15 is 0 Å². The van der Waals surface area contributed by atoms with Crippen LogP contribution in [0.2, 0.25) is 0 Å². The molecule has 0 saturated heterocycles. The Bertz CT molecular complexity index is 790. The molecule has 1 aromatic carbocycles. The van der Waals surface area contributed by atoms with Crippen molar-refractivity contribution in [1.29, 1.82) is 0 Å². The maximum absolute atomic E-state index is 13.2. The predicted molar refractivity (Wildman–Crippen MR) is 93.7 cm³/mol. The van der Waals surface area contributed by atoms with Crippen LogP contribution in [0.3, 0.4) is 0 Å². The first kappa shape index (κ1) is 18.6. The fourth-order valence-electron chi connectivity index (χ4n) is 3.45. The highest BCUT2D eigenvalue weighted by molar-refractivity contribution is 6.06. The van der Waals surface area contributed by atoms with Crippen LogP contribution in [0.1, 0.15) is 43.6 Å². The second-order valence-electron chi connectivity index (χ2n) is 6.63. The zero-order chi connectivity index (χ0) is 18.9. The van der Waals surface area contributed by atoms with Crippen molar-refractivity contribution in [3.63, 3.8) is 0 Å². The minimum atomic E-state index is -0.584. The monoisotopic (exact) mass is 342 g/mol. The van der Waals surface area contributed by atoms with Gasteiger partial charge in [0, 0.05) is 24.8 Å². The molecule has 0 aliphatic heterocycles. The highest BCUT2D eigenvalue weighted by Gasteiger charge is 2.45. The number of ether oxygens (including phenoxy) is 2. The number of ketones is 1. The molecule has 0 fully saturated rings. The van der Waals surface area contributed by atoms with E-state index in [4.69, 9.17) is 9.47 Å². The van der Waals surface area contributed by atoms with E-state index in [-0.39, 0.29) is 17.1 Å². The van der Waals surface area contributed by atoms with Gasteiger partial charge in [0.05, 0.1) is 11.5 Å². The second-order valence-corrected chi connectivity index (χ2v) is 6.63. The Kier molecular flexibility index (Phi) is 4.97. The summed E-state index contributed by atoms with van der Waals surface area (Å²) < 4.78 is 10.5. The fourth-order valence-corrected chi connectivity index (χ4v) is 3.45. The van der Waals surface area contributed by atoms with Gasteiger partial charge in [0.1, 0.15) is 11.5 Å². The van der Waals surface area contributed by atoms with Crippen molar-refractivity contribution >= 4 is 17.7 Å². The summed E-state index contributed by atoms with van der Waals surface area (Å²) in [6.45, 7) is 14.1. The number of carbonyl (C=O) groups excluding carboxylic acids is 3. The smallest absolute Gasteiger partial charge is 0.308 e. The van der Waals surface area contributed by atoms with Crippen molar-refractivity contribution in [2.75, 3.05) is 0 Å². The number of hydrogen-bond donors (Lipinski definition) is 0. The fraction of sp³-hybridized carbons (Fsp3) is 0.350. The predicted octanol–water partition coefficient (Wildman–Crippen LogP) is 3.66. The van der Waals surface area contributed by atoms with Crippen LogP contribution in [0, 0.1) is 11.3 Å². The molecule has 0 saturated carbocycles. The molecule has 0 heterocycles. The van der Waals surface area contributed by atoms with E-state index in [0.29, 0.717) is 23.3 Å². The van der Waals surface area contributed by atoms with E-state index in [1.807, 2.05) is 6.92 Å². The van der Waals surface area contributed by atoms with Crippen molar-refractivity contribution in [2.24, 2.45) is 11.3 Å². The summed E-state index contributed by atoms with van der Waals surface area (Å²) in [6, 6.07) is 3.01. The van der Waals surface area contributed by atoms with Gasteiger partial charge < -0.3 is 9.47 Å². The van der Waals surface area contributed by atoms with Gasteiger partial charge in [-0.2, -0.15) is 0 Å². The standard InChI is InChI=1S/C20H22O5/c1-7-20(6)10-14-15(24-12(4)21)8-9-16(25-13(5)22)17(14)19(23)18(20)11(2)3/h7-9,18H,1-2,10H2,3-6H3/t18-,20+/m1/s1. The zero-order valence-corrected chi connectivity index (χ0v) is 15.0. The molecule has 0 aromatic heterocycles. The molecule has 132 valence electrons.